The molecule has 0 spiro atoms. The minimum absolute atomic E-state index is 0.495. The summed E-state index contributed by atoms with van der Waals surface area (Å²) in [6.45, 7) is 5.51. The van der Waals surface area contributed by atoms with Crippen molar-refractivity contribution in [1.29, 1.82) is 0 Å². The molecule has 0 radical (unpaired) electrons. The fraction of sp³-hybridized carbons (Fsp3) is 0.643. The van der Waals surface area contributed by atoms with Crippen molar-refractivity contribution < 1.29 is 0 Å². The second kappa shape index (κ2) is 6.01. The molecule has 0 amide bonds. The van der Waals surface area contributed by atoms with Crippen molar-refractivity contribution in [2.75, 3.05) is 11.9 Å². The summed E-state index contributed by atoms with van der Waals surface area (Å²) in [6, 6.07) is 3.33. The van der Waals surface area contributed by atoms with Crippen LogP contribution in [0.4, 0.5) is 5.69 Å². The molecule has 3 heteroatoms. The van der Waals surface area contributed by atoms with Crippen LogP contribution in [0.5, 0.6) is 0 Å². The average Bonchev–Trinajstić information content (AvgIpc) is 2.30. The van der Waals surface area contributed by atoms with Crippen LogP contribution in [0.15, 0.2) is 18.5 Å². The van der Waals surface area contributed by atoms with Gasteiger partial charge in [-0.05, 0) is 51.3 Å². The van der Waals surface area contributed by atoms with Gasteiger partial charge in [0, 0.05) is 24.5 Å². The van der Waals surface area contributed by atoms with Crippen molar-refractivity contribution in [3.63, 3.8) is 0 Å². The summed E-state index contributed by atoms with van der Waals surface area (Å²) in [6.07, 6.45) is 9.00. The Morgan fingerprint density at radius 2 is 2.35 bits per heavy atom. The molecule has 1 aliphatic rings. The standard InChI is InChI=1S/C14H23N3/c1-11-7-14(10-15-9-11)17-12(2)8-13-5-3-4-6-16-13/h7,9-10,12-13,16-17H,3-6,8H2,1-2H3. The normalized spacial score (nSPS) is 22.1. The Bertz CT molecular complexity index is 345. The van der Waals surface area contributed by atoms with Crippen molar-refractivity contribution in [2.45, 2.75) is 51.6 Å². The molecule has 1 aromatic heterocycles. The fourth-order valence-electron chi connectivity index (χ4n) is 2.53. The zero-order valence-corrected chi connectivity index (χ0v) is 10.9. The van der Waals surface area contributed by atoms with Crippen molar-refractivity contribution >= 4 is 5.69 Å². The lowest BCUT2D eigenvalue weighted by molar-refractivity contribution is 0.371. The molecule has 2 N–H and O–H groups in total. The molecule has 1 fully saturated rings. The third kappa shape index (κ3) is 4.00. The molecular weight excluding hydrogens is 210 g/mol. The number of aryl methyl sites for hydroxylation is 1. The van der Waals surface area contributed by atoms with Gasteiger partial charge in [-0.15, -0.1) is 0 Å². The zero-order valence-electron chi connectivity index (χ0n) is 10.9. The summed E-state index contributed by atoms with van der Waals surface area (Å²) in [5, 5.41) is 7.12. The predicted molar refractivity (Wildman–Crippen MR) is 72.3 cm³/mol. The largest absolute Gasteiger partial charge is 0.381 e. The van der Waals surface area contributed by atoms with Crippen molar-refractivity contribution in [3.05, 3.63) is 24.0 Å². The molecule has 0 aromatic carbocycles. The Kier molecular flexibility index (Phi) is 4.37. The lowest BCUT2D eigenvalue weighted by Gasteiger charge is -2.27. The number of hydrogen-bond acceptors (Lipinski definition) is 3. The molecule has 1 aromatic rings. The Morgan fingerprint density at radius 3 is 3.06 bits per heavy atom. The van der Waals surface area contributed by atoms with Crippen LogP contribution in [0.3, 0.4) is 0 Å². The van der Waals surface area contributed by atoms with Gasteiger partial charge in [0.15, 0.2) is 0 Å². The van der Waals surface area contributed by atoms with Gasteiger partial charge in [0.2, 0.25) is 0 Å². The van der Waals surface area contributed by atoms with E-state index in [1.807, 2.05) is 12.4 Å². The molecule has 94 valence electrons. The maximum atomic E-state index is 4.21. The van der Waals surface area contributed by atoms with E-state index in [9.17, 15) is 0 Å². The van der Waals surface area contributed by atoms with Gasteiger partial charge in [0.05, 0.1) is 5.69 Å². The monoisotopic (exact) mass is 233 g/mol. The van der Waals surface area contributed by atoms with Gasteiger partial charge in [-0.2, -0.15) is 0 Å². The number of nitrogens with one attached hydrogen (secondary N) is 2. The quantitative estimate of drug-likeness (QED) is 0.839. The van der Waals surface area contributed by atoms with E-state index in [4.69, 9.17) is 0 Å². The first kappa shape index (κ1) is 12.4. The second-order valence-corrected chi connectivity index (χ2v) is 5.18. The summed E-state index contributed by atoms with van der Waals surface area (Å²) >= 11 is 0. The third-order valence-corrected chi connectivity index (χ3v) is 3.34. The van der Waals surface area contributed by atoms with E-state index in [0.717, 1.165) is 5.69 Å². The van der Waals surface area contributed by atoms with E-state index in [1.165, 1.54) is 37.8 Å². The molecule has 0 aliphatic carbocycles. The van der Waals surface area contributed by atoms with Crippen LogP contribution >= 0.6 is 0 Å². The van der Waals surface area contributed by atoms with Crippen LogP contribution in [0, 0.1) is 6.92 Å². The molecule has 2 rings (SSSR count). The highest BCUT2D eigenvalue weighted by Gasteiger charge is 2.15. The molecule has 1 aliphatic heterocycles. The molecule has 3 nitrogen and oxygen atoms in total. The smallest absolute Gasteiger partial charge is 0.0531 e. The van der Waals surface area contributed by atoms with Crippen molar-refractivity contribution in [3.8, 4) is 0 Å². The van der Waals surface area contributed by atoms with Gasteiger partial charge >= 0.3 is 0 Å². The number of rotatable bonds is 4. The topological polar surface area (TPSA) is 37.0 Å². The number of pyridine rings is 1. The Morgan fingerprint density at radius 1 is 1.47 bits per heavy atom. The summed E-state index contributed by atoms with van der Waals surface area (Å²) in [7, 11) is 0. The van der Waals surface area contributed by atoms with Gasteiger partial charge in [-0.1, -0.05) is 6.42 Å². The van der Waals surface area contributed by atoms with Crippen LogP contribution in [0.25, 0.3) is 0 Å². The Balaban J connectivity index is 1.82. The molecule has 1 saturated heterocycles. The lowest BCUT2D eigenvalue weighted by Crippen LogP contribution is -2.37. The number of piperidine rings is 1. The Labute approximate surface area is 104 Å². The number of anilines is 1. The number of nitrogens with zero attached hydrogens (tertiary/aromatic N) is 1. The van der Waals surface area contributed by atoms with Crippen molar-refractivity contribution in [2.24, 2.45) is 0 Å². The molecule has 0 bridgehead atoms. The minimum Gasteiger partial charge on any atom is -0.381 e. The fourth-order valence-corrected chi connectivity index (χ4v) is 2.53. The summed E-state index contributed by atoms with van der Waals surface area (Å²) in [4.78, 5) is 4.21. The maximum absolute atomic E-state index is 4.21. The van der Waals surface area contributed by atoms with Gasteiger partial charge in [-0.25, -0.2) is 0 Å². The summed E-state index contributed by atoms with van der Waals surface area (Å²) in [5.74, 6) is 0. The van der Waals surface area contributed by atoms with Crippen LogP contribution in [0.1, 0.15) is 38.2 Å². The third-order valence-electron chi connectivity index (χ3n) is 3.34. The highest BCUT2D eigenvalue weighted by molar-refractivity contribution is 5.43. The molecule has 2 heterocycles. The van der Waals surface area contributed by atoms with E-state index in [1.54, 1.807) is 0 Å². The second-order valence-electron chi connectivity index (χ2n) is 5.18. The average molecular weight is 233 g/mol. The van der Waals surface area contributed by atoms with Gasteiger partial charge in [0.1, 0.15) is 0 Å². The highest BCUT2D eigenvalue weighted by atomic mass is 15.0. The van der Waals surface area contributed by atoms with E-state index in [2.05, 4.69) is 35.5 Å². The van der Waals surface area contributed by atoms with E-state index in [-0.39, 0.29) is 0 Å². The molecule has 0 saturated carbocycles. The lowest BCUT2D eigenvalue weighted by atomic mass is 9.99. The zero-order chi connectivity index (χ0) is 12.1. The summed E-state index contributed by atoms with van der Waals surface area (Å²) in [5.41, 5.74) is 2.34. The van der Waals surface area contributed by atoms with Gasteiger partial charge in [-0.3, -0.25) is 4.98 Å². The molecule has 2 unspecified atom stereocenters. The first-order valence-electron chi connectivity index (χ1n) is 6.65. The number of aromatic nitrogens is 1. The van der Waals surface area contributed by atoms with E-state index < -0.39 is 0 Å². The predicted octanol–water partition coefficient (Wildman–Crippen LogP) is 2.72. The number of hydrogen-bond donors (Lipinski definition) is 2. The molecular formula is C14H23N3. The van der Waals surface area contributed by atoms with Crippen LogP contribution in [-0.2, 0) is 0 Å². The molecule has 17 heavy (non-hydrogen) atoms. The SMILES string of the molecule is Cc1cncc(NC(C)CC2CCCCN2)c1. The van der Waals surface area contributed by atoms with E-state index >= 15 is 0 Å². The van der Waals surface area contributed by atoms with E-state index in [0.29, 0.717) is 12.1 Å². The Hall–Kier alpha value is -1.09. The van der Waals surface area contributed by atoms with Crippen LogP contribution < -0.4 is 10.6 Å². The van der Waals surface area contributed by atoms with Crippen LogP contribution in [-0.4, -0.2) is 23.6 Å². The van der Waals surface area contributed by atoms with Gasteiger partial charge in [0.25, 0.3) is 0 Å². The van der Waals surface area contributed by atoms with Gasteiger partial charge < -0.3 is 10.6 Å². The summed E-state index contributed by atoms with van der Waals surface area (Å²) < 4.78 is 0. The van der Waals surface area contributed by atoms with Crippen LogP contribution in [0.2, 0.25) is 0 Å². The highest BCUT2D eigenvalue weighted by Crippen LogP contribution is 2.15. The maximum Gasteiger partial charge on any atom is 0.0531 e. The first-order chi connectivity index (χ1) is 8.24. The molecule has 2 atom stereocenters. The minimum atomic E-state index is 0.495. The van der Waals surface area contributed by atoms with Crippen molar-refractivity contribution in [1.82, 2.24) is 10.3 Å². The first-order valence-corrected chi connectivity index (χ1v) is 6.65.